The highest BCUT2D eigenvalue weighted by Gasteiger charge is 1.84. The Bertz CT molecular complexity index is 105. The largest absolute Gasteiger partial charge is 0.219 e. The van der Waals surface area contributed by atoms with E-state index >= 15 is 0 Å². The third kappa shape index (κ3) is 7.52. The van der Waals surface area contributed by atoms with Crippen LogP contribution >= 0.6 is 0 Å². The van der Waals surface area contributed by atoms with E-state index in [2.05, 4.69) is 18.8 Å². The fourth-order valence-corrected chi connectivity index (χ4v) is 0.481. The maximum atomic E-state index is 10.3. The first kappa shape index (κ1) is 8.52. The van der Waals surface area contributed by atoms with Crippen molar-refractivity contribution in [2.45, 2.75) is 39.2 Å². The van der Waals surface area contributed by atoms with Crippen LogP contribution in [0.15, 0.2) is 0 Å². The van der Waals surface area contributed by atoms with Crippen LogP contribution in [0.1, 0.15) is 33.1 Å². The zero-order valence-electron chi connectivity index (χ0n) is 6.11. The second-order valence-electron chi connectivity index (χ2n) is 2.07. The van der Waals surface area contributed by atoms with E-state index in [0.717, 1.165) is 19.3 Å². The molecule has 0 heterocycles. The molecule has 0 spiro atoms. The monoisotopic (exact) mass is 125 g/mol. The molecule has 0 aromatic rings. The highest BCUT2D eigenvalue weighted by molar-refractivity contribution is 5.02. The Morgan fingerprint density at radius 2 is 2.22 bits per heavy atom. The first-order chi connectivity index (χ1) is 4.27. The summed E-state index contributed by atoms with van der Waals surface area (Å²) in [6.07, 6.45) is 2.44. The SMILES string of the molecule is CCCCC#CC(C)[O]. The molecule has 9 heavy (non-hydrogen) atoms. The van der Waals surface area contributed by atoms with Crippen LogP contribution < -0.4 is 0 Å². The maximum absolute atomic E-state index is 10.3. The van der Waals surface area contributed by atoms with E-state index in [4.69, 9.17) is 0 Å². The van der Waals surface area contributed by atoms with Gasteiger partial charge in [-0.05, 0) is 13.3 Å². The lowest BCUT2D eigenvalue weighted by Crippen LogP contribution is -1.89. The van der Waals surface area contributed by atoms with Crippen LogP contribution in [0.2, 0.25) is 0 Å². The zero-order valence-corrected chi connectivity index (χ0v) is 6.11. The summed E-state index contributed by atoms with van der Waals surface area (Å²) >= 11 is 0. The van der Waals surface area contributed by atoms with Gasteiger partial charge < -0.3 is 0 Å². The van der Waals surface area contributed by atoms with Crippen LogP contribution in [0.25, 0.3) is 0 Å². The van der Waals surface area contributed by atoms with E-state index in [-0.39, 0.29) is 0 Å². The van der Waals surface area contributed by atoms with E-state index < -0.39 is 6.10 Å². The number of rotatable bonds is 2. The van der Waals surface area contributed by atoms with Crippen molar-refractivity contribution >= 4 is 0 Å². The highest BCUT2D eigenvalue weighted by Crippen LogP contribution is 1.90. The average Bonchev–Trinajstić information content (AvgIpc) is 1.80. The first-order valence-corrected chi connectivity index (χ1v) is 3.41. The summed E-state index contributed by atoms with van der Waals surface area (Å²) in [6.45, 7) is 3.68. The van der Waals surface area contributed by atoms with Crippen LogP contribution in [0.4, 0.5) is 0 Å². The van der Waals surface area contributed by atoms with Crippen LogP contribution in [-0.4, -0.2) is 6.10 Å². The molecule has 0 rings (SSSR count). The molecule has 1 unspecified atom stereocenters. The molecule has 0 saturated carbocycles. The lowest BCUT2D eigenvalue weighted by atomic mass is 10.2. The number of unbranched alkanes of at least 4 members (excludes halogenated alkanes) is 2. The third-order valence-electron chi connectivity index (χ3n) is 0.961. The molecule has 51 valence electrons. The van der Waals surface area contributed by atoms with Crippen LogP contribution in [-0.2, 0) is 5.11 Å². The summed E-state index contributed by atoms with van der Waals surface area (Å²) in [5, 5.41) is 10.3. The van der Waals surface area contributed by atoms with E-state index in [1.807, 2.05) is 0 Å². The van der Waals surface area contributed by atoms with Crippen molar-refractivity contribution in [1.82, 2.24) is 0 Å². The van der Waals surface area contributed by atoms with Crippen LogP contribution in [0, 0.1) is 11.8 Å². The van der Waals surface area contributed by atoms with Crippen molar-refractivity contribution in [2.75, 3.05) is 0 Å². The Hall–Kier alpha value is -0.480. The van der Waals surface area contributed by atoms with Crippen LogP contribution in [0.5, 0.6) is 0 Å². The third-order valence-corrected chi connectivity index (χ3v) is 0.961. The number of hydrogen-bond donors (Lipinski definition) is 0. The fraction of sp³-hybridized carbons (Fsp3) is 0.750. The smallest absolute Gasteiger partial charge is 0.150 e. The van der Waals surface area contributed by atoms with E-state index in [1.165, 1.54) is 0 Å². The lowest BCUT2D eigenvalue weighted by Gasteiger charge is -1.85. The van der Waals surface area contributed by atoms with E-state index in [0.29, 0.717) is 0 Å². The predicted octanol–water partition coefficient (Wildman–Crippen LogP) is 2.00. The van der Waals surface area contributed by atoms with Gasteiger partial charge in [-0.2, -0.15) is 0 Å². The van der Waals surface area contributed by atoms with Gasteiger partial charge in [0.2, 0.25) is 0 Å². The second kappa shape index (κ2) is 5.65. The van der Waals surface area contributed by atoms with Gasteiger partial charge in [-0.25, -0.2) is 5.11 Å². The molecule has 0 bridgehead atoms. The molecule has 0 fully saturated rings. The van der Waals surface area contributed by atoms with Gasteiger partial charge in [0, 0.05) is 6.42 Å². The maximum Gasteiger partial charge on any atom is 0.150 e. The second-order valence-corrected chi connectivity index (χ2v) is 2.07. The lowest BCUT2D eigenvalue weighted by molar-refractivity contribution is 0.154. The molecule has 0 aliphatic heterocycles. The minimum Gasteiger partial charge on any atom is -0.219 e. The van der Waals surface area contributed by atoms with Gasteiger partial charge in [0.05, 0.1) is 0 Å². The molecule has 0 aromatic carbocycles. The van der Waals surface area contributed by atoms with Gasteiger partial charge in [0.15, 0.2) is 6.10 Å². The molecule has 0 amide bonds. The molecule has 1 heteroatoms. The van der Waals surface area contributed by atoms with Crippen molar-refractivity contribution in [1.29, 1.82) is 0 Å². The Morgan fingerprint density at radius 1 is 1.56 bits per heavy atom. The minimum atomic E-state index is -0.707. The van der Waals surface area contributed by atoms with Crippen molar-refractivity contribution in [2.24, 2.45) is 0 Å². The van der Waals surface area contributed by atoms with Gasteiger partial charge in [0.1, 0.15) is 0 Å². The summed E-state index contributed by atoms with van der Waals surface area (Å²) in [7, 11) is 0. The summed E-state index contributed by atoms with van der Waals surface area (Å²) < 4.78 is 0. The van der Waals surface area contributed by atoms with Gasteiger partial charge in [0.25, 0.3) is 0 Å². The predicted molar refractivity (Wildman–Crippen MR) is 37.4 cm³/mol. The average molecular weight is 125 g/mol. The highest BCUT2D eigenvalue weighted by atomic mass is 16.3. The molecule has 0 aliphatic carbocycles. The molecular weight excluding hydrogens is 112 g/mol. The molecule has 1 nitrogen and oxygen atoms in total. The summed E-state index contributed by atoms with van der Waals surface area (Å²) in [5.41, 5.74) is 0. The summed E-state index contributed by atoms with van der Waals surface area (Å²) in [6, 6.07) is 0. The topological polar surface area (TPSA) is 19.9 Å². The number of hydrogen-bond acceptors (Lipinski definition) is 0. The normalized spacial score (nSPS) is 11.9. The Morgan fingerprint density at radius 3 is 2.67 bits per heavy atom. The molecular formula is C8H13O. The molecule has 0 aromatic heterocycles. The standard InChI is InChI=1S/C8H13O/c1-3-4-5-6-7-8(2)9/h8H,3-5H2,1-2H3. The Labute approximate surface area is 57.1 Å². The van der Waals surface area contributed by atoms with Crippen LogP contribution in [0.3, 0.4) is 0 Å². The van der Waals surface area contributed by atoms with E-state index in [1.54, 1.807) is 6.92 Å². The summed E-state index contributed by atoms with van der Waals surface area (Å²) in [4.78, 5) is 0. The minimum absolute atomic E-state index is 0.707. The van der Waals surface area contributed by atoms with E-state index in [9.17, 15) is 5.11 Å². The molecule has 0 N–H and O–H groups in total. The first-order valence-electron chi connectivity index (χ1n) is 3.41. The van der Waals surface area contributed by atoms with Gasteiger partial charge >= 0.3 is 0 Å². The molecule has 0 aliphatic rings. The molecule has 1 radical (unpaired) electrons. The van der Waals surface area contributed by atoms with Gasteiger partial charge in [-0.3, -0.25) is 0 Å². The van der Waals surface area contributed by atoms with Gasteiger partial charge in [-0.15, -0.1) is 5.92 Å². The zero-order chi connectivity index (χ0) is 7.11. The fourth-order valence-electron chi connectivity index (χ4n) is 0.481. The molecule has 0 saturated heterocycles. The Balaban J connectivity index is 3.16. The van der Waals surface area contributed by atoms with Crippen molar-refractivity contribution in [3.63, 3.8) is 0 Å². The van der Waals surface area contributed by atoms with Gasteiger partial charge in [-0.1, -0.05) is 19.3 Å². The van der Waals surface area contributed by atoms with Crippen molar-refractivity contribution in [3.05, 3.63) is 0 Å². The van der Waals surface area contributed by atoms with Crippen molar-refractivity contribution < 1.29 is 5.11 Å². The summed E-state index contributed by atoms with van der Waals surface area (Å²) in [5.74, 6) is 5.40. The quantitative estimate of drug-likeness (QED) is 0.397. The van der Waals surface area contributed by atoms with Crippen molar-refractivity contribution in [3.8, 4) is 11.8 Å². The Kier molecular flexibility index (Phi) is 5.35. The molecule has 1 atom stereocenters.